The number of nitrogens with zero attached hydrogens (tertiary/aromatic N) is 3. The van der Waals surface area contributed by atoms with E-state index in [2.05, 4.69) is 9.88 Å². The number of sulfonamides is 2. The smallest absolute Gasteiger partial charge is 0.267 e. The Balaban J connectivity index is 1.69. The molecule has 0 saturated heterocycles. The number of ether oxygens (including phenoxy) is 1. The van der Waals surface area contributed by atoms with Gasteiger partial charge in [-0.3, -0.25) is 9.52 Å². The molecule has 2 aromatic carbocycles. The van der Waals surface area contributed by atoms with E-state index in [1.807, 2.05) is 6.92 Å². The highest BCUT2D eigenvalue weighted by molar-refractivity contribution is 7.92. The molecule has 43 heavy (non-hydrogen) atoms. The van der Waals surface area contributed by atoms with Crippen LogP contribution in [0.1, 0.15) is 30.9 Å². The first-order valence-electron chi connectivity index (χ1n) is 13.5. The van der Waals surface area contributed by atoms with E-state index in [4.69, 9.17) is 20.9 Å². The molecule has 0 saturated carbocycles. The molecule has 4 rings (SSSR count). The van der Waals surface area contributed by atoms with Gasteiger partial charge in [0.25, 0.3) is 10.0 Å². The van der Waals surface area contributed by atoms with Gasteiger partial charge in [0, 0.05) is 35.8 Å². The number of aryl methyl sites for hydroxylation is 2. The van der Waals surface area contributed by atoms with Crippen molar-refractivity contribution in [2.24, 2.45) is 5.92 Å². The molecule has 0 radical (unpaired) electrons. The maximum Gasteiger partial charge on any atom is 0.267 e. The third-order valence-electron chi connectivity index (χ3n) is 7.36. The van der Waals surface area contributed by atoms with Crippen molar-refractivity contribution in [3.8, 4) is 5.75 Å². The van der Waals surface area contributed by atoms with E-state index in [0.29, 0.717) is 16.3 Å². The predicted octanol–water partition coefficient (Wildman–Crippen LogP) is 3.22. The minimum atomic E-state index is -4.06. The van der Waals surface area contributed by atoms with E-state index >= 15 is 0 Å². The molecule has 0 fully saturated rings. The van der Waals surface area contributed by atoms with Crippen LogP contribution < -0.4 is 9.46 Å². The first kappa shape index (κ1) is 32.7. The topological polar surface area (TPSA) is 159 Å². The van der Waals surface area contributed by atoms with Crippen LogP contribution in [-0.4, -0.2) is 81.1 Å². The zero-order valence-corrected chi connectivity index (χ0v) is 26.8. The number of likely N-dealkylation sites (N-methyl/N-ethyl adjacent to an activating group) is 1. The van der Waals surface area contributed by atoms with Crippen LogP contribution in [-0.2, 0) is 31.3 Å². The number of carbonyl (C=O) groups excluding carboxylic acids is 1. The standard InChI is InChI=1S/C28H35ClN4O8S2/c1-17-14-33(18(2)16-34)27(35)13-21-12-23(31-42(36,37)28-19(3)30-41-20(28)4)8-11-25(21)40-26(17)15-32(5)43(38,39)24-9-6-22(29)7-10-24/h6-12,17-18,26,31,34H,13-16H2,1-5H3/t17-,18-,26-/m1/s1. The summed E-state index contributed by atoms with van der Waals surface area (Å²) >= 11 is 5.94. The lowest BCUT2D eigenvalue weighted by molar-refractivity contribution is -0.134. The van der Waals surface area contributed by atoms with E-state index in [0.717, 1.165) is 0 Å². The number of nitrogens with one attached hydrogen (secondary N) is 1. The highest BCUT2D eigenvalue weighted by Gasteiger charge is 2.34. The van der Waals surface area contributed by atoms with Crippen molar-refractivity contribution in [2.45, 2.75) is 56.1 Å². The van der Waals surface area contributed by atoms with Gasteiger partial charge in [0.1, 0.15) is 17.5 Å². The largest absolute Gasteiger partial charge is 0.488 e. The Morgan fingerprint density at radius 2 is 1.84 bits per heavy atom. The quantitative estimate of drug-likeness (QED) is 0.353. The maximum atomic E-state index is 13.5. The number of hydrogen-bond acceptors (Lipinski definition) is 9. The molecule has 0 aliphatic carbocycles. The molecule has 2 heterocycles. The average Bonchev–Trinajstić information content (AvgIpc) is 3.31. The van der Waals surface area contributed by atoms with E-state index in [1.165, 1.54) is 66.5 Å². The second-order valence-electron chi connectivity index (χ2n) is 10.7. The zero-order chi connectivity index (χ0) is 31.7. The van der Waals surface area contributed by atoms with Crippen molar-refractivity contribution in [3.63, 3.8) is 0 Å². The number of fused-ring (bicyclic) bond motifs is 1. The van der Waals surface area contributed by atoms with E-state index < -0.39 is 32.2 Å². The minimum Gasteiger partial charge on any atom is -0.488 e. The molecule has 12 nitrogen and oxygen atoms in total. The number of halogens is 1. The lowest BCUT2D eigenvalue weighted by Crippen LogP contribution is -2.48. The minimum absolute atomic E-state index is 0.0540. The molecule has 1 amide bonds. The maximum absolute atomic E-state index is 13.5. The molecule has 3 aromatic rings. The fourth-order valence-electron chi connectivity index (χ4n) is 4.91. The number of rotatable bonds is 9. The normalized spacial score (nSPS) is 18.8. The molecule has 3 atom stereocenters. The van der Waals surface area contributed by atoms with Gasteiger partial charge in [0.2, 0.25) is 15.9 Å². The Bertz CT molecular complexity index is 1670. The molecular formula is C28H35ClN4O8S2. The molecule has 1 aromatic heterocycles. The van der Waals surface area contributed by atoms with Gasteiger partial charge in [0.05, 0.1) is 30.5 Å². The van der Waals surface area contributed by atoms with Crippen LogP contribution in [0.4, 0.5) is 5.69 Å². The summed E-state index contributed by atoms with van der Waals surface area (Å²) < 4.78 is 68.0. The number of aliphatic hydroxyl groups excluding tert-OH is 1. The fraction of sp³-hybridized carbons (Fsp3) is 0.429. The van der Waals surface area contributed by atoms with Gasteiger partial charge in [-0.1, -0.05) is 23.7 Å². The summed E-state index contributed by atoms with van der Waals surface area (Å²) in [5.41, 5.74) is 0.777. The van der Waals surface area contributed by atoms with Crippen molar-refractivity contribution in [2.75, 3.05) is 31.5 Å². The lowest BCUT2D eigenvalue weighted by atomic mass is 10.0. The van der Waals surface area contributed by atoms with Crippen molar-refractivity contribution in [1.82, 2.24) is 14.4 Å². The molecule has 15 heteroatoms. The van der Waals surface area contributed by atoms with Crippen molar-refractivity contribution in [3.05, 3.63) is 64.5 Å². The van der Waals surface area contributed by atoms with Crippen LogP contribution in [0.3, 0.4) is 0 Å². The first-order valence-corrected chi connectivity index (χ1v) is 16.8. The van der Waals surface area contributed by atoms with E-state index in [1.54, 1.807) is 13.0 Å². The molecule has 0 unspecified atom stereocenters. The molecule has 2 N–H and O–H groups in total. The molecule has 0 spiro atoms. The molecular weight excluding hydrogens is 620 g/mol. The van der Waals surface area contributed by atoms with Gasteiger partial charge in [0.15, 0.2) is 10.7 Å². The van der Waals surface area contributed by atoms with Gasteiger partial charge >= 0.3 is 0 Å². The van der Waals surface area contributed by atoms with Crippen LogP contribution >= 0.6 is 11.6 Å². The monoisotopic (exact) mass is 654 g/mol. The number of benzene rings is 2. The Morgan fingerprint density at radius 3 is 2.44 bits per heavy atom. The first-order chi connectivity index (χ1) is 20.1. The summed E-state index contributed by atoms with van der Waals surface area (Å²) in [6.07, 6.45) is -0.853. The third-order valence-corrected chi connectivity index (χ3v) is 11.1. The van der Waals surface area contributed by atoms with E-state index in [-0.39, 0.29) is 64.9 Å². The Kier molecular flexibility index (Phi) is 9.76. The lowest BCUT2D eigenvalue weighted by Gasteiger charge is -2.33. The molecule has 0 bridgehead atoms. The second-order valence-corrected chi connectivity index (χ2v) is 14.8. The SMILES string of the molecule is Cc1noc(C)c1S(=O)(=O)Nc1ccc2c(c1)CC(=O)N([C@H](C)CO)C[C@@H](C)[C@@H](CN(C)S(=O)(=O)c1ccc(Cl)cc1)O2. The Labute approximate surface area is 256 Å². The highest BCUT2D eigenvalue weighted by Crippen LogP contribution is 2.31. The fourth-order valence-corrected chi connectivity index (χ4v) is 7.60. The van der Waals surface area contributed by atoms with Crippen molar-refractivity contribution >= 4 is 43.2 Å². The number of hydrogen-bond donors (Lipinski definition) is 2. The number of anilines is 1. The van der Waals surface area contributed by atoms with Crippen LogP contribution in [0, 0.1) is 19.8 Å². The molecule has 1 aliphatic heterocycles. The summed E-state index contributed by atoms with van der Waals surface area (Å²) in [6.45, 7) is 6.43. The highest BCUT2D eigenvalue weighted by atomic mass is 35.5. The second kappa shape index (κ2) is 12.8. The predicted molar refractivity (Wildman–Crippen MR) is 160 cm³/mol. The Morgan fingerprint density at radius 1 is 1.16 bits per heavy atom. The third kappa shape index (κ3) is 7.15. The average molecular weight is 655 g/mol. The molecule has 234 valence electrons. The van der Waals surface area contributed by atoms with Gasteiger partial charge in [-0.25, -0.2) is 16.8 Å². The zero-order valence-electron chi connectivity index (χ0n) is 24.4. The van der Waals surface area contributed by atoms with Gasteiger partial charge in [-0.15, -0.1) is 0 Å². The Hall–Kier alpha value is -3.17. The van der Waals surface area contributed by atoms with Gasteiger partial charge in [-0.2, -0.15) is 4.31 Å². The van der Waals surface area contributed by atoms with Crippen molar-refractivity contribution < 1.29 is 36.0 Å². The van der Waals surface area contributed by atoms with Crippen LogP contribution in [0.25, 0.3) is 0 Å². The number of aliphatic hydroxyl groups is 1. The summed E-state index contributed by atoms with van der Waals surface area (Å²) in [6, 6.07) is 9.87. The van der Waals surface area contributed by atoms with Crippen LogP contribution in [0.2, 0.25) is 5.02 Å². The number of carbonyl (C=O) groups is 1. The number of aromatic nitrogens is 1. The number of amides is 1. The summed E-state index contributed by atoms with van der Waals surface area (Å²) in [5, 5.41) is 14.0. The van der Waals surface area contributed by atoms with Crippen LogP contribution in [0.5, 0.6) is 5.75 Å². The summed E-state index contributed by atoms with van der Waals surface area (Å²) in [5.74, 6) is -0.216. The summed E-state index contributed by atoms with van der Waals surface area (Å²) in [7, 11) is -6.52. The summed E-state index contributed by atoms with van der Waals surface area (Å²) in [4.78, 5) is 15.0. The van der Waals surface area contributed by atoms with E-state index in [9.17, 15) is 26.7 Å². The van der Waals surface area contributed by atoms with Crippen molar-refractivity contribution in [1.29, 1.82) is 0 Å². The van der Waals surface area contributed by atoms with Gasteiger partial charge < -0.3 is 19.3 Å². The van der Waals surface area contributed by atoms with Gasteiger partial charge in [-0.05, 0) is 63.2 Å². The van der Waals surface area contributed by atoms with Crippen LogP contribution in [0.15, 0.2) is 56.8 Å². The molecule has 1 aliphatic rings.